The quantitative estimate of drug-likeness (QED) is 0.583. The third-order valence-electron chi connectivity index (χ3n) is 4.35. The zero-order chi connectivity index (χ0) is 18.4. The van der Waals surface area contributed by atoms with Crippen molar-refractivity contribution in [3.8, 4) is 5.75 Å². The molecule has 3 rings (SSSR count). The molecule has 1 aliphatic rings. The van der Waals surface area contributed by atoms with Crippen LogP contribution in [-0.2, 0) is 20.7 Å². The predicted molar refractivity (Wildman–Crippen MR) is 94.9 cm³/mol. The Morgan fingerprint density at radius 3 is 3.12 bits per heavy atom. The Balaban J connectivity index is 1.36. The highest BCUT2D eigenvalue weighted by Gasteiger charge is 2.29. The summed E-state index contributed by atoms with van der Waals surface area (Å²) in [5, 5.41) is 9.53. The molecule has 2 N–H and O–H groups in total. The number of nitrogens with zero attached hydrogens (tertiary/aromatic N) is 1. The molecule has 0 saturated heterocycles. The van der Waals surface area contributed by atoms with E-state index in [1.807, 2.05) is 31.2 Å². The Labute approximate surface area is 152 Å². The summed E-state index contributed by atoms with van der Waals surface area (Å²) in [4.78, 5) is 24.1. The van der Waals surface area contributed by atoms with Gasteiger partial charge in [-0.3, -0.25) is 14.7 Å². The van der Waals surface area contributed by atoms with Crippen LogP contribution in [0.2, 0.25) is 0 Å². The van der Waals surface area contributed by atoms with Gasteiger partial charge in [0.05, 0.1) is 24.4 Å². The van der Waals surface area contributed by atoms with E-state index >= 15 is 0 Å². The highest BCUT2D eigenvalue weighted by molar-refractivity contribution is 5.83. The number of H-pyrrole nitrogens is 1. The smallest absolute Gasteiger partial charge is 0.315 e. The summed E-state index contributed by atoms with van der Waals surface area (Å²) in [5.41, 5.74) is 2.98. The van der Waals surface area contributed by atoms with Crippen molar-refractivity contribution in [2.24, 2.45) is 0 Å². The molecule has 2 aromatic rings. The highest BCUT2D eigenvalue weighted by atomic mass is 16.5. The van der Waals surface area contributed by atoms with Crippen molar-refractivity contribution < 1.29 is 19.1 Å². The summed E-state index contributed by atoms with van der Waals surface area (Å²) in [6.07, 6.45) is 4.28. The molecule has 1 heterocycles. The molecule has 1 amide bonds. The van der Waals surface area contributed by atoms with E-state index in [-0.39, 0.29) is 24.4 Å². The average molecular weight is 357 g/mol. The van der Waals surface area contributed by atoms with Crippen molar-refractivity contribution in [2.75, 3.05) is 19.8 Å². The summed E-state index contributed by atoms with van der Waals surface area (Å²) in [6, 6.07) is 7.70. The van der Waals surface area contributed by atoms with Crippen LogP contribution in [0.1, 0.15) is 35.6 Å². The fourth-order valence-corrected chi connectivity index (χ4v) is 3.05. The maximum atomic E-state index is 12.2. The van der Waals surface area contributed by atoms with E-state index in [4.69, 9.17) is 9.47 Å². The molecule has 1 aliphatic carbocycles. The Bertz CT molecular complexity index is 772. The summed E-state index contributed by atoms with van der Waals surface area (Å²) in [6.45, 7) is 2.40. The number of nitrogens with one attached hydrogen (secondary N) is 2. The summed E-state index contributed by atoms with van der Waals surface area (Å²) in [7, 11) is 0. The number of fused-ring (bicyclic) bond motifs is 1. The maximum Gasteiger partial charge on any atom is 0.315 e. The van der Waals surface area contributed by atoms with Crippen molar-refractivity contribution >= 4 is 11.9 Å². The summed E-state index contributed by atoms with van der Waals surface area (Å²) < 4.78 is 10.7. The fourth-order valence-electron chi connectivity index (χ4n) is 3.05. The van der Waals surface area contributed by atoms with Crippen molar-refractivity contribution in [3.05, 3.63) is 47.3 Å². The van der Waals surface area contributed by atoms with E-state index in [0.29, 0.717) is 19.6 Å². The SMILES string of the molecule is Cc1cccc(OCCNC(=O)COC(=O)[C@@H]2CCCc3cn[nH]c32)c1. The predicted octanol–water partition coefficient (Wildman–Crippen LogP) is 1.88. The Kier molecular flexibility index (Phi) is 5.88. The van der Waals surface area contributed by atoms with Crippen molar-refractivity contribution in [2.45, 2.75) is 32.1 Å². The van der Waals surface area contributed by atoms with E-state index in [1.165, 1.54) is 0 Å². The van der Waals surface area contributed by atoms with E-state index in [1.54, 1.807) is 6.20 Å². The van der Waals surface area contributed by atoms with Gasteiger partial charge in [0, 0.05) is 0 Å². The van der Waals surface area contributed by atoms with Crippen LogP contribution in [0.25, 0.3) is 0 Å². The van der Waals surface area contributed by atoms with Crippen LogP contribution in [0.15, 0.2) is 30.5 Å². The Morgan fingerprint density at radius 2 is 2.27 bits per heavy atom. The van der Waals surface area contributed by atoms with Crippen molar-refractivity contribution in [3.63, 3.8) is 0 Å². The number of hydrogen-bond donors (Lipinski definition) is 2. The van der Waals surface area contributed by atoms with E-state index in [9.17, 15) is 9.59 Å². The first-order chi connectivity index (χ1) is 12.6. The van der Waals surface area contributed by atoms with E-state index < -0.39 is 0 Å². The van der Waals surface area contributed by atoms with Gasteiger partial charge in [-0.25, -0.2) is 0 Å². The summed E-state index contributed by atoms with van der Waals surface area (Å²) in [5.74, 6) is -0.328. The van der Waals surface area contributed by atoms with Gasteiger partial charge in [-0.1, -0.05) is 12.1 Å². The zero-order valence-electron chi connectivity index (χ0n) is 14.8. The lowest BCUT2D eigenvalue weighted by Crippen LogP contribution is -2.33. The number of aromatic nitrogens is 2. The number of ether oxygens (including phenoxy) is 2. The minimum absolute atomic E-state index is 0.288. The largest absolute Gasteiger partial charge is 0.492 e. The number of benzene rings is 1. The first kappa shape index (κ1) is 18.0. The van der Waals surface area contributed by atoms with Crippen LogP contribution < -0.4 is 10.1 Å². The molecule has 7 heteroatoms. The lowest BCUT2D eigenvalue weighted by Gasteiger charge is -2.20. The second kappa shape index (κ2) is 8.51. The first-order valence-electron chi connectivity index (χ1n) is 8.78. The average Bonchev–Trinajstić information content (AvgIpc) is 3.12. The Hall–Kier alpha value is -2.83. The second-order valence-electron chi connectivity index (χ2n) is 6.38. The van der Waals surface area contributed by atoms with Crippen LogP contribution in [0.5, 0.6) is 5.75 Å². The van der Waals surface area contributed by atoms with E-state index in [0.717, 1.165) is 35.4 Å². The topological polar surface area (TPSA) is 93.3 Å². The van der Waals surface area contributed by atoms with Crippen LogP contribution in [-0.4, -0.2) is 41.8 Å². The number of aromatic amines is 1. The molecule has 26 heavy (non-hydrogen) atoms. The lowest BCUT2D eigenvalue weighted by atomic mass is 9.88. The fraction of sp³-hybridized carbons (Fsp3) is 0.421. The van der Waals surface area contributed by atoms with Gasteiger partial charge < -0.3 is 14.8 Å². The van der Waals surface area contributed by atoms with Gasteiger partial charge in [0.2, 0.25) is 0 Å². The van der Waals surface area contributed by atoms with Crippen LogP contribution in [0.3, 0.4) is 0 Å². The van der Waals surface area contributed by atoms with Crippen molar-refractivity contribution in [1.82, 2.24) is 15.5 Å². The lowest BCUT2D eigenvalue weighted by molar-refractivity contribution is -0.150. The van der Waals surface area contributed by atoms with Gasteiger partial charge in [0.15, 0.2) is 6.61 Å². The molecule has 0 radical (unpaired) electrons. The van der Waals surface area contributed by atoms with Gasteiger partial charge in [-0.15, -0.1) is 0 Å². The minimum Gasteiger partial charge on any atom is -0.492 e. The Morgan fingerprint density at radius 1 is 1.38 bits per heavy atom. The molecule has 0 unspecified atom stereocenters. The molecule has 1 atom stereocenters. The second-order valence-corrected chi connectivity index (χ2v) is 6.38. The van der Waals surface area contributed by atoms with Crippen molar-refractivity contribution in [1.29, 1.82) is 0 Å². The standard InChI is InChI=1S/C19H23N3O4/c1-13-4-2-6-15(10-13)25-9-8-20-17(23)12-26-19(24)16-7-3-5-14-11-21-22-18(14)16/h2,4,6,10-11,16H,3,5,7-9,12H2,1H3,(H,20,23)(H,21,22)/t16-/m1/s1. The number of carbonyl (C=O) groups is 2. The number of rotatable bonds is 7. The molecule has 1 aromatic heterocycles. The molecule has 0 spiro atoms. The van der Waals surface area contributed by atoms with Gasteiger partial charge in [0.25, 0.3) is 5.91 Å². The molecule has 138 valence electrons. The number of amides is 1. The monoisotopic (exact) mass is 357 g/mol. The van der Waals surface area contributed by atoms with Gasteiger partial charge in [-0.05, 0) is 49.4 Å². The highest BCUT2D eigenvalue weighted by Crippen LogP contribution is 2.30. The molecule has 7 nitrogen and oxygen atoms in total. The van der Waals surface area contributed by atoms with Crippen LogP contribution in [0, 0.1) is 6.92 Å². The first-order valence-corrected chi connectivity index (χ1v) is 8.78. The maximum absolute atomic E-state index is 12.2. The molecule has 0 aliphatic heterocycles. The molecule has 0 bridgehead atoms. The number of esters is 1. The van der Waals surface area contributed by atoms with Crippen LogP contribution in [0.4, 0.5) is 0 Å². The number of hydrogen-bond acceptors (Lipinski definition) is 5. The van der Waals surface area contributed by atoms with E-state index in [2.05, 4.69) is 15.5 Å². The molecule has 0 saturated carbocycles. The molecular formula is C19H23N3O4. The van der Waals surface area contributed by atoms with Gasteiger partial charge >= 0.3 is 5.97 Å². The summed E-state index contributed by atoms with van der Waals surface area (Å²) >= 11 is 0. The number of carbonyl (C=O) groups excluding carboxylic acids is 2. The molecular weight excluding hydrogens is 334 g/mol. The number of aryl methyl sites for hydroxylation is 2. The normalized spacial score (nSPS) is 15.8. The molecule has 0 fully saturated rings. The zero-order valence-corrected chi connectivity index (χ0v) is 14.8. The molecule has 1 aromatic carbocycles. The van der Waals surface area contributed by atoms with Crippen LogP contribution >= 0.6 is 0 Å². The third-order valence-corrected chi connectivity index (χ3v) is 4.35. The van der Waals surface area contributed by atoms with Gasteiger partial charge in [0.1, 0.15) is 12.4 Å². The minimum atomic E-state index is -0.388. The van der Waals surface area contributed by atoms with Gasteiger partial charge in [-0.2, -0.15) is 5.10 Å². The third kappa shape index (κ3) is 4.62.